The van der Waals surface area contributed by atoms with Crippen LogP contribution < -0.4 is 9.64 Å². The van der Waals surface area contributed by atoms with Crippen LogP contribution in [0.15, 0.2) is 164 Å². The van der Waals surface area contributed by atoms with E-state index >= 15 is 0 Å². The number of anilines is 3. The molecule has 1 aliphatic carbocycles. The first-order chi connectivity index (χ1) is 23.6. The Morgan fingerprint density at radius 3 is 1.81 bits per heavy atom. The molecule has 230 valence electrons. The van der Waals surface area contributed by atoms with Crippen LogP contribution in [0, 0.1) is 0 Å². The van der Waals surface area contributed by atoms with E-state index in [1.807, 2.05) is 0 Å². The molecule has 0 atom stereocenters. The van der Waals surface area contributed by atoms with Gasteiger partial charge >= 0.3 is 0 Å². The lowest BCUT2D eigenvalue weighted by Gasteiger charge is -2.28. The Morgan fingerprint density at radius 2 is 1.04 bits per heavy atom. The van der Waals surface area contributed by atoms with E-state index < -0.39 is 0 Å². The molecule has 0 bridgehead atoms. The second-order valence-corrected chi connectivity index (χ2v) is 13.3. The SMILES string of the molecule is CC1(C)c2ccccc2-c2ccc(N(c3ccc(-c4ccccc4)cc3)c3ccc(-c4cccc5c4-c4ccccc4CO5)cc3)cc21. The van der Waals surface area contributed by atoms with Gasteiger partial charge in [-0.25, -0.2) is 0 Å². The summed E-state index contributed by atoms with van der Waals surface area (Å²) >= 11 is 0. The Morgan fingerprint density at radius 1 is 0.458 bits per heavy atom. The molecular weight excluding hydrogens is 583 g/mol. The van der Waals surface area contributed by atoms with Crippen molar-refractivity contribution in [3.05, 3.63) is 180 Å². The first-order valence-corrected chi connectivity index (χ1v) is 16.7. The summed E-state index contributed by atoms with van der Waals surface area (Å²) in [7, 11) is 0. The monoisotopic (exact) mass is 617 g/mol. The van der Waals surface area contributed by atoms with Gasteiger partial charge in [-0.15, -0.1) is 0 Å². The van der Waals surface area contributed by atoms with Crippen LogP contribution in [0.5, 0.6) is 5.75 Å². The molecule has 2 heteroatoms. The molecule has 1 heterocycles. The van der Waals surface area contributed by atoms with Crippen LogP contribution in [-0.2, 0) is 12.0 Å². The molecule has 7 aromatic rings. The van der Waals surface area contributed by atoms with E-state index in [2.05, 4.69) is 183 Å². The summed E-state index contributed by atoms with van der Waals surface area (Å²) in [6, 6.07) is 59.3. The quantitative estimate of drug-likeness (QED) is 0.191. The molecule has 7 aromatic carbocycles. The van der Waals surface area contributed by atoms with Crippen LogP contribution in [0.3, 0.4) is 0 Å². The van der Waals surface area contributed by atoms with Gasteiger partial charge in [-0.2, -0.15) is 0 Å². The van der Waals surface area contributed by atoms with E-state index in [4.69, 9.17) is 4.74 Å². The lowest BCUT2D eigenvalue weighted by atomic mass is 9.82. The third kappa shape index (κ3) is 4.56. The van der Waals surface area contributed by atoms with Crippen molar-refractivity contribution in [2.24, 2.45) is 0 Å². The second kappa shape index (κ2) is 11.1. The van der Waals surface area contributed by atoms with Crippen LogP contribution in [0.1, 0.15) is 30.5 Å². The number of hydrogen-bond donors (Lipinski definition) is 0. The molecule has 0 amide bonds. The van der Waals surface area contributed by atoms with Gasteiger partial charge in [0.25, 0.3) is 0 Å². The number of benzene rings is 7. The first kappa shape index (κ1) is 28.4. The fourth-order valence-corrected chi connectivity index (χ4v) is 7.72. The zero-order valence-corrected chi connectivity index (χ0v) is 27.2. The van der Waals surface area contributed by atoms with Crippen molar-refractivity contribution < 1.29 is 4.74 Å². The summed E-state index contributed by atoms with van der Waals surface area (Å²) in [6.45, 7) is 5.29. The highest BCUT2D eigenvalue weighted by Crippen LogP contribution is 2.51. The molecule has 0 saturated carbocycles. The second-order valence-electron chi connectivity index (χ2n) is 13.3. The van der Waals surface area contributed by atoms with E-state index in [0.29, 0.717) is 6.61 Å². The van der Waals surface area contributed by atoms with Gasteiger partial charge in [-0.1, -0.05) is 135 Å². The molecule has 2 nitrogen and oxygen atoms in total. The Hall–Kier alpha value is -5.86. The predicted octanol–water partition coefficient (Wildman–Crippen LogP) is 12.4. The maximum absolute atomic E-state index is 6.20. The zero-order valence-electron chi connectivity index (χ0n) is 27.2. The summed E-state index contributed by atoms with van der Waals surface area (Å²) in [5, 5.41) is 0. The minimum absolute atomic E-state index is 0.0839. The van der Waals surface area contributed by atoms with Crippen LogP contribution in [0.4, 0.5) is 17.1 Å². The number of hydrogen-bond acceptors (Lipinski definition) is 2. The average molecular weight is 618 g/mol. The van der Waals surface area contributed by atoms with Gasteiger partial charge in [0, 0.05) is 28.0 Å². The van der Waals surface area contributed by atoms with Crippen molar-refractivity contribution in [3.63, 3.8) is 0 Å². The highest BCUT2D eigenvalue weighted by Gasteiger charge is 2.35. The molecule has 0 unspecified atom stereocenters. The van der Waals surface area contributed by atoms with Crippen molar-refractivity contribution in [2.45, 2.75) is 25.9 Å². The van der Waals surface area contributed by atoms with Gasteiger partial charge in [0.15, 0.2) is 0 Å². The molecule has 0 saturated heterocycles. The van der Waals surface area contributed by atoms with Crippen molar-refractivity contribution >= 4 is 17.1 Å². The molecule has 1 aliphatic heterocycles. The third-order valence-electron chi connectivity index (χ3n) is 10.2. The van der Waals surface area contributed by atoms with Gasteiger partial charge in [-0.3, -0.25) is 0 Å². The molecule has 9 rings (SSSR count). The summed E-state index contributed by atoms with van der Waals surface area (Å²) < 4.78 is 6.20. The number of nitrogens with zero attached hydrogens (tertiary/aromatic N) is 1. The summed E-state index contributed by atoms with van der Waals surface area (Å²) in [5.74, 6) is 0.942. The van der Waals surface area contributed by atoms with Crippen molar-refractivity contribution in [2.75, 3.05) is 4.90 Å². The normalized spacial score (nSPS) is 13.5. The molecule has 0 radical (unpaired) electrons. The van der Waals surface area contributed by atoms with Crippen molar-refractivity contribution in [3.8, 4) is 50.3 Å². The minimum Gasteiger partial charge on any atom is -0.488 e. The highest BCUT2D eigenvalue weighted by atomic mass is 16.5. The fourth-order valence-electron chi connectivity index (χ4n) is 7.72. The zero-order chi connectivity index (χ0) is 32.2. The molecule has 0 N–H and O–H groups in total. The van der Waals surface area contributed by atoms with Crippen LogP contribution in [0.2, 0.25) is 0 Å². The maximum atomic E-state index is 6.20. The Kier molecular flexibility index (Phi) is 6.58. The summed E-state index contributed by atoms with van der Waals surface area (Å²) in [4.78, 5) is 2.39. The van der Waals surface area contributed by atoms with E-state index in [0.717, 1.165) is 22.8 Å². The summed E-state index contributed by atoms with van der Waals surface area (Å²) in [6.07, 6.45) is 0. The predicted molar refractivity (Wildman–Crippen MR) is 199 cm³/mol. The van der Waals surface area contributed by atoms with E-state index in [-0.39, 0.29) is 5.41 Å². The van der Waals surface area contributed by atoms with Crippen LogP contribution in [-0.4, -0.2) is 0 Å². The number of fused-ring (bicyclic) bond motifs is 6. The van der Waals surface area contributed by atoms with E-state index in [1.54, 1.807) is 0 Å². The van der Waals surface area contributed by atoms with Gasteiger partial charge in [0.2, 0.25) is 0 Å². The largest absolute Gasteiger partial charge is 0.488 e. The summed E-state index contributed by atoms with van der Waals surface area (Å²) in [5.41, 5.74) is 17.1. The Labute approximate surface area is 282 Å². The molecule has 0 spiro atoms. The smallest absolute Gasteiger partial charge is 0.128 e. The molecule has 0 aromatic heterocycles. The lowest BCUT2D eigenvalue weighted by molar-refractivity contribution is 0.302. The Bertz CT molecular complexity index is 2300. The first-order valence-electron chi connectivity index (χ1n) is 16.7. The maximum Gasteiger partial charge on any atom is 0.128 e. The molecule has 2 aliphatic rings. The van der Waals surface area contributed by atoms with E-state index in [1.165, 1.54) is 61.2 Å². The minimum atomic E-state index is -0.0839. The third-order valence-corrected chi connectivity index (χ3v) is 10.2. The standard InChI is InChI=1S/C46H35NO/c1-46(2)42-17-9-8-15-40(42)41-28-27-37(29-43(41)46)47(35-23-19-32(20-24-35)31-11-4-3-5-12-31)36-25-21-33(22-26-36)38-16-10-18-44-45(38)39-14-7-6-13-34(39)30-48-44/h3-29H,30H2,1-2H3. The van der Waals surface area contributed by atoms with Gasteiger partial charge in [0.05, 0.1) is 0 Å². The number of ether oxygens (including phenoxy) is 1. The molecular formula is C46H35NO. The van der Waals surface area contributed by atoms with Crippen molar-refractivity contribution in [1.82, 2.24) is 0 Å². The van der Waals surface area contributed by atoms with Crippen molar-refractivity contribution in [1.29, 1.82) is 0 Å². The average Bonchev–Trinajstić information content (AvgIpc) is 3.38. The van der Waals surface area contributed by atoms with Gasteiger partial charge in [-0.05, 0) is 98.1 Å². The van der Waals surface area contributed by atoms with Crippen LogP contribution >= 0.6 is 0 Å². The topological polar surface area (TPSA) is 12.5 Å². The van der Waals surface area contributed by atoms with E-state index in [9.17, 15) is 0 Å². The lowest BCUT2D eigenvalue weighted by Crippen LogP contribution is -2.16. The Balaban J connectivity index is 1.16. The van der Waals surface area contributed by atoms with Crippen LogP contribution in [0.25, 0.3) is 44.5 Å². The van der Waals surface area contributed by atoms with Gasteiger partial charge in [0.1, 0.15) is 12.4 Å². The fraction of sp³-hybridized carbons (Fsp3) is 0.0870. The molecule has 48 heavy (non-hydrogen) atoms. The number of rotatable bonds is 5. The molecule has 0 fully saturated rings. The highest BCUT2D eigenvalue weighted by molar-refractivity contribution is 5.91. The van der Waals surface area contributed by atoms with Gasteiger partial charge < -0.3 is 9.64 Å².